The number of aliphatic carboxylic acids is 1. The Balaban J connectivity index is 2.06. The molecule has 7 heteroatoms. The molecule has 0 aromatic heterocycles. The number of halogens is 1. The minimum absolute atomic E-state index is 0.0875. The zero-order valence-corrected chi connectivity index (χ0v) is 14.7. The first-order valence-corrected chi connectivity index (χ1v) is 9.91. The van der Waals surface area contributed by atoms with Gasteiger partial charge in [-0.2, -0.15) is 0 Å². The Labute approximate surface area is 138 Å². The summed E-state index contributed by atoms with van der Waals surface area (Å²) in [7, 11) is -3.38. The van der Waals surface area contributed by atoms with Gasteiger partial charge in [-0.05, 0) is 46.8 Å². The maximum absolute atomic E-state index is 12.1. The van der Waals surface area contributed by atoms with Crippen LogP contribution in [0.1, 0.15) is 19.3 Å². The summed E-state index contributed by atoms with van der Waals surface area (Å²) < 4.78 is 24.8. The van der Waals surface area contributed by atoms with Crippen LogP contribution in [0.25, 0.3) is 0 Å². The molecule has 5 nitrogen and oxygen atoms in total. The van der Waals surface area contributed by atoms with Gasteiger partial charge in [-0.1, -0.05) is 12.5 Å². The van der Waals surface area contributed by atoms with Gasteiger partial charge in [-0.25, -0.2) is 8.42 Å². The molecule has 2 aliphatic rings. The molecule has 1 N–H and O–H groups in total. The Bertz CT molecular complexity index is 733. The Kier molecular flexibility index (Phi) is 3.76. The predicted octanol–water partition coefficient (Wildman–Crippen LogP) is 2.54. The highest BCUT2D eigenvalue weighted by molar-refractivity contribution is 9.10. The average molecular weight is 388 g/mol. The standard InChI is InChI=1S/C15H18BrNO4S/c1-22(20,21)12-6-2-5-11(16)13(12)17-8-10-4-3-7-15(10,9-17)14(18)19/h2,5-6,10H,3-4,7-9H2,1H3,(H,18,19)/t10-,15+/m0/s1. The third kappa shape index (κ3) is 2.34. The minimum Gasteiger partial charge on any atom is -0.481 e. The molecule has 1 saturated heterocycles. The Morgan fingerprint density at radius 3 is 2.77 bits per heavy atom. The number of fused-ring (bicyclic) bond motifs is 1. The molecule has 1 aromatic carbocycles. The molecule has 2 atom stereocenters. The summed E-state index contributed by atoms with van der Waals surface area (Å²) in [5, 5.41) is 9.68. The lowest BCUT2D eigenvalue weighted by Crippen LogP contribution is -2.36. The highest BCUT2D eigenvalue weighted by Gasteiger charge is 2.55. The van der Waals surface area contributed by atoms with Crippen molar-refractivity contribution in [3.63, 3.8) is 0 Å². The second-order valence-electron chi connectivity index (χ2n) is 6.29. The first-order valence-electron chi connectivity index (χ1n) is 7.22. The zero-order chi connectivity index (χ0) is 16.1. The molecule has 0 spiro atoms. The molecule has 0 unspecified atom stereocenters. The fraction of sp³-hybridized carbons (Fsp3) is 0.533. The van der Waals surface area contributed by atoms with Crippen LogP contribution in [-0.2, 0) is 14.6 Å². The number of sulfone groups is 1. The quantitative estimate of drug-likeness (QED) is 0.862. The molecule has 120 valence electrons. The number of hydrogen-bond acceptors (Lipinski definition) is 4. The lowest BCUT2D eigenvalue weighted by atomic mass is 9.81. The van der Waals surface area contributed by atoms with Crippen molar-refractivity contribution >= 4 is 37.4 Å². The van der Waals surface area contributed by atoms with E-state index >= 15 is 0 Å². The van der Waals surface area contributed by atoms with E-state index in [1.54, 1.807) is 18.2 Å². The molecular formula is C15H18BrNO4S. The van der Waals surface area contributed by atoms with E-state index in [1.807, 2.05) is 4.90 Å². The van der Waals surface area contributed by atoms with Gasteiger partial charge in [0.1, 0.15) is 0 Å². The van der Waals surface area contributed by atoms with Crippen LogP contribution in [0.2, 0.25) is 0 Å². The van der Waals surface area contributed by atoms with E-state index in [9.17, 15) is 18.3 Å². The highest BCUT2D eigenvalue weighted by atomic mass is 79.9. The number of anilines is 1. The van der Waals surface area contributed by atoms with Crippen molar-refractivity contribution in [1.82, 2.24) is 0 Å². The molecule has 2 fully saturated rings. The normalized spacial score (nSPS) is 27.9. The van der Waals surface area contributed by atoms with Crippen LogP contribution in [0.5, 0.6) is 0 Å². The number of hydrogen-bond donors (Lipinski definition) is 1. The summed E-state index contributed by atoms with van der Waals surface area (Å²) in [5.74, 6) is -0.671. The van der Waals surface area contributed by atoms with Crippen molar-refractivity contribution < 1.29 is 18.3 Å². The van der Waals surface area contributed by atoms with Gasteiger partial charge in [0.15, 0.2) is 9.84 Å². The monoisotopic (exact) mass is 387 g/mol. The molecule has 22 heavy (non-hydrogen) atoms. The molecule has 1 saturated carbocycles. The second kappa shape index (κ2) is 5.23. The van der Waals surface area contributed by atoms with E-state index in [0.717, 1.165) is 12.8 Å². The van der Waals surface area contributed by atoms with Gasteiger partial charge in [-0.15, -0.1) is 0 Å². The zero-order valence-electron chi connectivity index (χ0n) is 12.3. The average Bonchev–Trinajstić information content (AvgIpc) is 2.94. The van der Waals surface area contributed by atoms with E-state index in [2.05, 4.69) is 15.9 Å². The van der Waals surface area contributed by atoms with Crippen molar-refractivity contribution in [3.8, 4) is 0 Å². The molecule has 0 bridgehead atoms. The summed E-state index contributed by atoms with van der Waals surface area (Å²) in [6, 6.07) is 5.07. The van der Waals surface area contributed by atoms with Crippen LogP contribution in [-0.4, -0.2) is 38.8 Å². The molecule has 0 radical (unpaired) electrons. The lowest BCUT2D eigenvalue weighted by Gasteiger charge is -2.26. The fourth-order valence-corrected chi connectivity index (χ4v) is 5.58. The van der Waals surface area contributed by atoms with Crippen molar-refractivity contribution in [2.45, 2.75) is 24.2 Å². The summed E-state index contributed by atoms with van der Waals surface area (Å²) in [4.78, 5) is 14.0. The van der Waals surface area contributed by atoms with Crippen LogP contribution < -0.4 is 4.90 Å². The van der Waals surface area contributed by atoms with E-state index in [0.29, 0.717) is 29.7 Å². The highest BCUT2D eigenvalue weighted by Crippen LogP contribution is 2.51. The number of carboxylic acids is 1. The molecule has 1 aliphatic heterocycles. The van der Waals surface area contributed by atoms with Gasteiger partial charge in [-0.3, -0.25) is 4.79 Å². The number of carbonyl (C=O) groups is 1. The number of carboxylic acid groups (broad SMARTS) is 1. The lowest BCUT2D eigenvalue weighted by molar-refractivity contribution is -0.149. The smallest absolute Gasteiger partial charge is 0.311 e. The number of nitrogens with zero attached hydrogens (tertiary/aromatic N) is 1. The fourth-order valence-electron chi connectivity index (χ4n) is 3.91. The largest absolute Gasteiger partial charge is 0.481 e. The van der Waals surface area contributed by atoms with E-state index in [4.69, 9.17) is 0 Å². The maximum atomic E-state index is 12.1. The summed E-state index contributed by atoms with van der Waals surface area (Å²) in [6.07, 6.45) is 3.67. The van der Waals surface area contributed by atoms with Crippen molar-refractivity contribution in [3.05, 3.63) is 22.7 Å². The first kappa shape index (κ1) is 15.8. The first-order chi connectivity index (χ1) is 10.3. The van der Waals surface area contributed by atoms with Gasteiger partial charge < -0.3 is 10.0 Å². The second-order valence-corrected chi connectivity index (χ2v) is 9.13. The van der Waals surface area contributed by atoms with E-state index in [-0.39, 0.29) is 10.8 Å². The van der Waals surface area contributed by atoms with E-state index in [1.165, 1.54) is 6.26 Å². The van der Waals surface area contributed by atoms with Crippen LogP contribution >= 0.6 is 15.9 Å². The van der Waals surface area contributed by atoms with Gasteiger partial charge in [0.2, 0.25) is 0 Å². The van der Waals surface area contributed by atoms with Crippen LogP contribution in [0.4, 0.5) is 5.69 Å². The summed E-state index contributed by atoms with van der Waals surface area (Å²) in [5.41, 5.74) is -0.135. The minimum atomic E-state index is -3.38. The molecule has 1 heterocycles. The molecule has 1 aliphatic carbocycles. The van der Waals surface area contributed by atoms with E-state index < -0.39 is 21.2 Å². The van der Waals surface area contributed by atoms with Crippen LogP contribution in [0.3, 0.4) is 0 Å². The molecule has 3 rings (SSSR count). The predicted molar refractivity (Wildman–Crippen MR) is 86.9 cm³/mol. The van der Waals surface area contributed by atoms with Crippen molar-refractivity contribution in [1.29, 1.82) is 0 Å². The third-order valence-electron chi connectivity index (χ3n) is 4.96. The van der Waals surface area contributed by atoms with Gasteiger partial charge in [0, 0.05) is 23.8 Å². The summed E-state index contributed by atoms with van der Waals surface area (Å²) >= 11 is 3.43. The Morgan fingerprint density at radius 1 is 1.45 bits per heavy atom. The third-order valence-corrected chi connectivity index (χ3v) is 6.73. The van der Waals surface area contributed by atoms with Crippen molar-refractivity contribution in [2.24, 2.45) is 11.3 Å². The Hall–Kier alpha value is -1.08. The number of rotatable bonds is 3. The van der Waals surface area contributed by atoms with Gasteiger partial charge in [0.25, 0.3) is 0 Å². The topological polar surface area (TPSA) is 74.7 Å². The van der Waals surface area contributed by atoms with Gasteiger partial charge in [0.05, 0.1) is 16.0 Å². The molecular weight excluding hydrogens is 370 g/mol. The molecule has 1 aromatic rings. The molecule has 0 amide bonds. The Morgan fingerprint density at radius 2 is 2.18 bits per heavy atom. The maximum Gasteiger partial charge on any atom is 0.311 e. The van der Waals surface area contributed by atoms with Crippen LogP contribution in [0.15, 0.2) is 27.6 Å². The van der Waals surface area contributed by atoms with Gasteiger partial charge >= 0.3 is 5.97 Å². The number of benzene rings is 1. The van der Waals surface area contributed by atoms with Crippen LogP contribution in [0, 0.1) is 11.3 Å². The summed E-state index contributed by atoms with van der Waals surface area (Å²) in [6.45, 7) is 0.968. The van der Waals surface area contributed by atoms with Crippen molar-refractivity contribution in [2.75, 3.05) is 24.2 Å². The SMILES string of the molecule is CS(=O)(=O)c1cccc(Br)c1N1C[C@@H]2CCC[C@@]2(C(=O)O)C1. The number of para-hydroxylation sites is 1.